The highest BCUT2D eigenvalue weighted by atomic mass is 32.1. The molecule has 1 unspecified atom stereocenters. The number of nitrogens with one attached hydrogen (secondary N) is 1. The molecule has 110 valence electrons. The summed E-state index contributed by atoms with van der Waals surface area (Å²) in [7, 11) is 0. The Balaban J connectivity index is 2.00. The predicted octanol–water partition coefficient (Wildman–Crippen LogP) is 4.06. The van der Waals surface area contributed by atoms with Crippen LogP contribution >= 0.6 is 11.3 Å². The fourth-order valence-corrected chi connectivity index (χ4v) is 2.85. The van der Waals surface area contributed by atoms with Crippen LogP contribution in [-0.2, 0) is 4.79 Å². The monoisotopic (exact) mass is 300 g/mol. The summed E-state index contributed by atoms with van der Waals surface area (Å²) in [5, 5.41) is 5.12. The summed E-state index contributed by atoms with van der Waals surface area (Å²) in [5.74, 6) is 0.442. The third kappa shape index (κ3) is 5.16. The average molecular weight is 300 g/mol. The van der Waals surface area contributed by atoms with Crippen molar-refractivity contribution in [2.45, 2.75) is 26.3 Å². The first-order chi connectivity index (χ1) is 10.1. The molecule has 0 spiro atoms. The molecule has 0 fully saturated rings. The number of rotatable bonds is 6. The smallest absolute Gasteiger partial charge is 0.244 e. The van der Waals surface area contributed by atoms with Crippen LogP contribution in [0, 0.1) is 5.92 Å². The molecule has 2 aromatic heterocycles. The quantitative estimate of drug-likeness (QED) is 0.817. The summed E-state index contributed by atoms with van der Waals surface area (Å²) in [4.78, 5) is 17.4. The Labute approximate surface area is 129 Å². The van der Waals surface area contributed by atoms with Gasteiger partial charge in [0.15, 0.2) is 0 Å². The van der Waals surface area contributed by atoms with Gasteiger partial charge in [-0.25, -0.2) is 0 Å². The number of amides is 1. The molecule has 0 saturated heterocycles. The SMILES string of the molecule is CC(C)CC(NC(=O)/C=C/c1ccccn1)c1cccs1. The predicted molar refractivity (Wildman–Crippen MR) is 87.9 cm³/mol. The molecule has 1 amide bonds. The van der Waals surface area contributed by atoms with Crippen LogP contribution in [0.4, 0.5) is 0 Å². The first-order valence-corrected chi connectivity index (χ1v) is 7.96. The lowest BCUT2D eigenvalue weighted by molar-refractivity contribution is -0.117. The summed E-state index contributed by atoms with van der Waals surface area (Å²) in [5.41, 5.74) is 0.782. The second kappa shape index (κ2) is 7.74. The molecule has 4 heteroatoms. The highest BCUT2D eigenvalue weighted by Gasteiger charge is 2.15. The number of carbonyl (C=O) groups excluding carboxylic acids is 1. The molecule has 0 aliphatic heterocycles. The molecule has 0 aromatic carbocycles. The molecule has 3 nitrogen and oxygen atoms in total. The molecule has 0 radical (unpaired) electrons. The van der Waals surface area contributed by atoms with Gasteiger partial charge in [0, 0.05) is 17.2 Å². The van der Waals surface area contributed by atoms with Crippen LogP contribution in [0.2, 0.25) is 0 Å². The molecular weight excluding hydrogens is 280 g/mol. The van der Waals surface area contributed by atoms with Crippen LogP contribution in [0.3, 0.4) is 0 Å². The maximum absolute atomic E-state index is 12.1. The summed E-state index contributed by atoms with van der Waals surface area (Å²) in [6, 6.07) is 9.79. The van der Waals surface area contributed by atoms with Gasteiger partial charge in [-0.2, -0.15) is 0 Å². The largest absolute Gasteiger partial charge is 0.345 e. The van der Waals surface area contributed by atoms with Crippen LogP contribution in [0.5, 0.6) is 0 Å². The van der Waals surface area contributed by atoms with Gasteiger partial charge in [-0.05, 0) is 42.0 Å². The first kappa shape index (κ1) is 15.4. The van der Waals surface area contributed by atoms with Crippen LogP contribution in [0.1, 0.15) is 36.9 Å². The molecule has 2 heterocycles. The van der Waals surface area contributed by atoms with E-state index < -0.39 is 0 Å². The minimum Gasteiger partial charge on any atom is -0.345 e. The van der Waals surface area contributed by atoms with E-state index in [0.717, 1.165) is 12.1 Å². The molecule has 0 saturated carbocycles. The number of aromatic nitrogens is 1. The number of hydrogen-bond acceptors (Lipinski definition) is 3. The van der Waals surface area contributed by atoms with Gasteiger partial charge in [0.2, 0.25) is 5.91 Å². The zero-order valence-corrected chi connectivity index (χ0v) is 13.1. The molecule has 1 N–H and O–H groups in total. The molecule has 0 aliphatic carbocycles. The Bertz CT molecular complexity index is 576. The van der Waals surface area contributed by atoms with E-state index in [1.807, 2.05) is 29.6 Å². The van der Waals surface area contributed by atoms with E-state index in [9.17, 15) is 4.79 Å². The third-order valence-electron chi connectivity index (χ3n) is 3.00. The van der Waals surface area contributed by atoms with E-state index in [1.165, 1.54) is 4.88 Å². The van der Waals surface area contributed by atoms with E-state index >= 15 is 0 Å². The van der Waals surface area contributed by atoms with Crippen LogP contribution < -0.4 is 5.32 Å². The normalized spacial score (nSPS) is 12.7. The summed E-state index contributed by atoms with van der Waals surface area (Å²) in [6.07, 6.45) is 5.92. The molecule has 1 atom stereocenters. The number of pyridine rings is 1. The summed E-state index contributed by atoms with van der Waals surface area (Å²) in [6.45, 7) is 4.33. The Morgan fingerprint density at radius 1 is 1.33 bits per heavy atom. The lowest BCUT2D eigenvalue weighted by Gasteiger charge is -2.18. The van der Waals surface area contributed by atoms with Crippen molar-refractivity contribution in [1.29, 1.82) is 0 Å². The fourth-order valence-electron chi connectivity index (χ4n) is 2.06. The Kier molecular flexibility index (Phi) is 5.69. The van der Waals surface area contributed by atoms with Crippen molar-refractivity contribution in [2.75, 3.05) is 0 Å². The van der Waals surface area contributed by atoms with Crippen molar-refractivity contribution in [3.63, 3.8) is 0 Å². The molecule has 21 heavy (non-hydrogen) atoms. The maximum Gasteiger partial charge on any atom is 0.244 e. The van der Waals surface area contributed by atoms with Gasteiger partial charge in [0.25, 0.3) is 0 Å². The van der Waals surface area contributed by atoms with E-state index in [1.54, 1.807) is 29.7 Å². The summed E-state index contributed by atoms with van der Waals surface area (Å²) < 4.78 is 0. The molecule has 2 aromatic rings. The van der Waals surface area contributed by atoms with Gasteiger partial charge in [0.1, 0.15) is 0 Å². The van der Waals surface area contributed by atoms with E-state index in [-0.39, 0.29) is 11.9 Å². The standard InChI is InChI=1S/C17H20N2OS/c1-13(2)12-15(16-7-5-11-21-16)19-17(20)9-8-14-6-3-4-10-18-14/h3-11,13,15H,12H2,1-2H3,(H,19,20)/b9-8+. The van der Waals surface area contributed by atoms with Crippen LogP contribution in [-0.4, -0.2) is 10.9 Å². The highest BCUT2D eigenvalue weighted by Crippen LogP contribution is 2.25. The van der Waals surface area contributed by atoms with Gasteiger partial charge in [-0.3, -0.25) is 9.78 Å². The first-order valence-electron chi connectivity index (χ1n) is 7.08. The zero-order chi connectivity index (χ0) is 15.1. The maximum atomic E-state index is 12.1. The van der Waals surface area contributed by atoms with E-state index in [4.69, 9.17) is 0 Å². The summed E-state index contributed by atoms with van der Waals surface area (Å²) >= 11 is 1.68. The van der Waals surface area contributed by atoms with Gasteiger partial charge < -0.3 is 5.32 Å². The number of hydrogen-bond donors (Lipinski definition) is 1. The van der Waals surface area contributed by atoms with Crippen molar-refractivity contribution in [3.8, 4) is 0 Å². The van der Waals surface area contributed by atoms with Crippen molar-refractivity contribution in [3.05, 3.63) is 58.6 Å². The van der Waals surface area contributed by atoms with Crippen LogP contribution in [0.15, 0.2) is 48.0 Å². The molecule has 0 aliphatic rings. The molecule has 0 bridgehead atoms. The fraction of sp³-hybridized carbons (Fsp3) is 0.294. The molecular formula is C17H20N2OS. The Hall–Kier alpha value is -1.94. The molecule has 2 rings (SSSR count). The second-order valence-corrected chi connectivity index (χ2v) is 6.27. The van der Waals surface area contributed by atoms with Crippen molar-refractivity contribution >= 4 is 23.3 Å². The minimum atomic E-state index is -0.0836. The topological polar surface area (TPSA) is 42.0 Å². The van der Waals surface area contributed by atoms with Gasteiger partial charge in [-0.15, -0.1) is 11.3 Å². The van der Waals surface area contributed by atoms with Gasteiger partial charge in [0.05, 0.1) is 11.7 Å². The van der Waals surface area contributed by atoms with Crippen molar-refractivity contribution in [1.82, 2.24) is 10.3 Å². The number of carbonyl (C=O) groups is 1. The van der Waals surface area contributed by atoms with Crippen LogP contribution in [0.25, 0.3) is 6.08 Å². The second-order valence-electron chi connectivity index (χ2n) is 5.29. The van der Waals surface area contributed by atoms with E-state index in [0.29, 0.717) is 5.92 Å². The van der Waals surface area contributed by atoms with Gasteiger partial charge in [-0.1, -0.05) is 26.0 Å². The van der Waals surface area contributed by atoms with Gasteiger partial charge >= 0.3 is 0 Å². The Morgan fingerprint density at radius 3 is 2.81 bits per heavy atom. The number of thiophene rings is 1. The lowest BCUT2D eigenvalue weighted by Crippen LogP contribution is -2.27. The zero-order valence-electron chi connectivity index (χ0n) is 12.3. The minimum absolute atomic E-state index is 0.0749. The third-order valence-corrected chi connectivity index (χ3v) is 3.99. The Morgan fingerprint density at radius 2 is 2.19 bits per heavy atom. The lowest BCUT2D eigenvalue weighted by atomic mass is 10.0. The van der Waals surface area contributed by atoms with Crippen molar-refractivity contribution < 1.29 is 4.79 Å². The number of nitrogens with zero attached hydrogens (tertiary/aromatic N) is 1. The van der Waals surface area contributed by atoms with Crippen molar-refractivity contribution in [2.24, 2.45) is 5.92 Å². The highest BCUT2D eigenvalue weighted by molar-refractivity contribution is 7.10. The average Bonchev–Trinajstić information content (AvgIpc) is 2.99. The van der Waals surface area contributed by atoms with E-state index in [2.05, 4.69) is 30.2 Å².